The number of anilines is 1. The summed E-state index contributed by atoms with van der Waals surface area (Å²) in [5, 5.41) is 15.5. The Morgan fingerprint density at radius 2 is 1.75 bits per heavy atom. The van der Waals surface area contributed by atoms with E-state index in [1.807, 2.05) is 76.2 Å². The average molecular weight is 597 g/mol. The normalized spacial score (nSPS) is 17.4. The van der Waals surface area contributed by atoms with Gasteiger partial charge >= 0.3 is 5.97 Å². The summed E-state index contributed by atoms with van der Waals surface area (Å²) in [6, 6.07) is 18.2. The second kappa shape index (κ2) is 11.7. The van der Waals surface area contributed by atoms with Gasteiger partial charge in [-0.2, -0.15) is 9.61 Å². The minimum absolute atomic E-state index is 0.318. The van der Waals surface area contributed by atoms with Crippen molar-refractivity contribution in [2.24, 2.45) is 0 Å². The Balaban J connectivity index is 1.55. The first-order valence-electron chi connectivity index (χ1n) is 15.2. The van der Waals surface area contributed by atoms with E-state index in [-0.39, 0.29) is 5.60 Å². The minimum Gasteiger partial charge on any atom is -0.489 e. The molecule has 0 spiro atoms. The number of hydrogen-bond acceptors (Lipinski definition) is 7. The molecule has 44 heavy (non-hydrogen) atoms. The van der Waals surface area contributed by atoms with Crippen molar-refractivity contribution in [2.45, 2.75) is 64.8 Å². The zero-order valence-electron chi connectivity index (χ0n) is 26.0. The topological polar surface area (TPSA) is 98.4 Å². The van der Waals surface area contributed by atoms with Crippen LogP contribution in [0.15, 0.2) is 66.7 Å². The summed E-state index contributed by atoms with van der Waals surface area (Å²) >= 11 is 0. The number of nitrogens with zero attached hydrogens (tertiary/aromatic N) is 4. The highest BCUT2D eigenvalue weighted by Gasteiger charge is 2.37. The Labute approximate surface area is 258 Å². The Kier molecular flexibility index (Phi) is 7.94. The molecular formula is C35H40N4O5. The lowest BCUT2D eigenvalue weighted by Crippen LogP contribution is -2.45. The molecule has 2 aromatic carbocycles. The predicted molar refractivity (Wildman–Crippen MR) is 170 cm³/mol. The van der Waals surface area contributed by atoms with Crippen molar-refractivity contribution >= 4 is 17.4 Å². The predicted octanol–water partition coefficient (Wildman–Crippen LogP) is 6.64. The third-order valence-corrected chi connectivity index (χ3v) is 8.27. The average Bonchev–Trinajstić information content (AvgIpc) is 3.41. The summed E-state index contributed by atoms with van der Waals surface area (Å²) in [5.74, 6) is 0.434. The second-order valence-electron chi connectivity index (χ2n) is 12.8. The highest BCUT2D eigenvalue weighted by atomic mass is 16.5. The summed E-state index contributed by atoms with van der Waals surface area (Å²) in [5.41, 5.74) is 4.42. The van der Waals surface area contributed by atoms with Crippen LogP contribution in [0.25, 0.3) is 28.0 Å². The van der Waals surface area contributed by atoms with Gasteiger partial charge in [0.15, 0.2) is 11.8 Å². The van der Waals surface area contributed by atoms with Crippen molar-refractivity contribution in [3.63, 3.8) is 0 Å². The molecule has 7 rings (SSSR count). The quantitative estimate of drug-likeness (QED) is 0.263. The fourth-order valence-corrected chi connectivity index (χ4v) is 5.99. The first-order valence-corrected chi connectivity index (χ1v) is 15.2. The van der Waals surface area contributed by atoms with Gasteiger partial charge in [0.25, 0.3) is 0 Å². The maximum absolute atomic E-state index is 12.7. The molecular weight excluding hydrogens is 556 g/mol. The Hall–Kier alpha value is -4.21. The van der Waals surface area contributed by atoms with Gasteiger partial charge in [0, 0.05) is 36.0 Å². The van der Waals surface area contributed by atoms with Gasteiger partial charge < -0.3 is 24.2 Å². The van der Waals surface area contributed by atoms with E-state index in [2.05, 4.69) is 30.0 Å². The molecule has 1 saturated heterocycles. The minimum atomic E-state index is -1.22. The third-order valence-electron chi connectivity index (χ3n) is 8.27. The summed E-state index contributed by atoms with van der Waals surface area (Å²) in [6.45, 7) is 11.8. The lowest BCUT2D eigenvalue weighted by atomic mass is 9.92. The number of carboxylic acid groups (broad SMARTS) is 1. The Morgan fingerprint density at radius 3 is 2.50 bits per heavy atom. The van der Waals surface area contributed by atoms with Crippen LogP contribution in [0, 0.1) is 6.92 Å². The molecule has 0 radical (unpaired) electrons. The van der Waals surface area contributed by atoms with Crippen LogP contribution >= 0.6 is 0 Å². The Morgan fingerprint density at radius 1 is 1.02 bits per heavy atom. The first kappa shape index (κ1) is 29.8. The summed E-state index contributed by atoms with van der Waals surface area (Å²) in [7, 11) is 0. The standard InChI is InChI=1S/C35H40N4O5/c1-23-30(31(33(40)41)44-34(2,3)4)32-38-17-15-35(5,16-18-38)43-20-9-8-19-42-28-14-7-6-13-26(28)24-11-10-12-25(21-24)27-22-29(36-23)39(32)37-27/h6-14,21-22,31H,15-20H2,1-5H3,(H,40,41). The number of ether oxygens (including phenoxy) is 3. The highest BCUT2D eigenvalue weighted by Crippen LogP contribution is 2.39. The number of rotatable bonds is 3. The largest absolute Gasteiger partial charge is 0.489 e. The van der Waals surface area contributed by atoms with Crippen LogP contribution in [-0.4, -0.2) is 63.2 Å². The molecule has 2 aromatic heterocycles. The molecule has 9 heteroatoms. The number of aromatic nitrogens is 3. The van der Waals surface area contributed by atoms with Crippen molar-refractivity contribution in [1.82, 2.24) is 14.6 Å². The van der Waals surface area contributed by atoms with E-state index < -0.39 is 17.7 Å². The van der Waals surface area contributed by atoms with E-state index in [4.69, 9.17) is 24.3 Å². The van der Waals surface area contributed by atoms with Crippen LogP contribution in [0.1, 0.15) is 57.9 Å². The number of fused-ring (bicyclic) bond motifs is 6. The Bertz CT molecular complexity index is 1710. The van der Waals surface area contributed by atoms with E-state index in [0.717, 1.165) is 41.0 Å². The van der Waals surface area contributed by atoms with Gasteiger partial charge in [0.05, 0.1) is 29.1 Å². The van der Waals surface area contributed by atoms with Gasteiger partial charge in [-0.05, 0) is 71.2 Å². The van der Waals surface area contributed by atoms with E-state index in [1.165, 1.54) is 0 Å². The van der Waals surface area contributed by atoms with Crippen LogP contribution in [0.5, 0.6) is 5.75 Å². The summed E-state index contributed by atoms with van der Waals surface area (Å²) in [4.78, 5) is 19.8. The fourth-order valence-electron chi connectivity index (χ4n) is 5.99. The summed E-state index contributed by atoms with van der Waals surface area (Å²) in [6.07, 6.45) is 4.32. The molecule has 1 N–H and O–H groups in total. The molecule has 1 unspecified atom stereocenters. The van der Waals surface area contributed by atoms with Gasteiger partial charge in [-0.1, -0.05) is 42.5 Å². The number of para-hydroxylation sites is 1. The van der Waals surface area contributed by atoms with E-state index in [9.17, 15) is 9.90 Å². The number of carboxylic acids is 1. The zero-order chi connectivity index (χ0) is 31.1. The smallest absolute Gasteiger partial charge is 0.337 e. The molecule has 4 aromatic rings. The molecule has 3 aliphatic rings. The van der Waals surface area contributed by atoms with E-state index >= 15 is 0 Å². The lowest BCUT2D eigenvalue weighted by molar-refractivity contribution is -0.160. The fraction of sp³-hybridized carbons (Fsp3) is 0.400. The number of benzene rings is 2. The van der Waals surface area contributed by atoms with Gasteiger partial charge in [-0.25, -0.2) is 9.78 Å². The number of hydrogen-bond donors (Lipinski definition) is 1. The van der Waals surface area contributed by atoms with Gasteiger partial charge in [-0.3, -0.25) is 0 Å². The maximum atomic E-state index is 12.7. The van der Waals surface area contributed by atoms with Crippen LogP contribution in [0.4, 0.5) is 5.82 Å². The molecule has 230 valence electrons. The molecule has 1 atom stereocenters. The molecule has 0 amide bonds. The zero-order valence-corrected chi connectivity index (χ0v) is 26.0. The highest BCUT2D eigenvalue weighted by molar-refractivity contribution is 5.80. The first-order chi connectivity index (χ1) is 21.0. The number of carbonyl (C=O) groups is 1. The van der Waals surface area contributed by atoms with E-state index in [1.54, 1.807) is 4.52 Å². The third kappa shape index (κ3) is 6.07. The number of aryl methyl sites for hydroxylation is 1. The molecule has 5 heterocycles. The van der Waals surface area contributed by atoms with Gasteiger partial charge in [0.2, 0.25) is 0 Å². The van der Waals surface area contributed by atoms with Crippen LogP contribution in [0.2, 0.25) is 0 Å². The molecule has 1 fully saturated rings. The summed E-state index contributed by atoms with van der Waals surface area (Å²) < 4.78 is 20.5. The monoisotopic (exact) mass is 596 g/mol. The second-order valence-corrected chi connectivity index (χ2v) is 12.8. The van der Waals surface area contributed by atoms with Crippen molar-refractivity contribution in [3.05, 3.63) is 78.0 Å². The number of piperidine rings is 1. The van der Waals surface area contributed by atoms with Crippen molar-refractivity contribution in [3.8, 4) is 28.1 Å². The number of aliphatic carboxylic acids is 1. The van der Waals surface area contributed by atoms with Crippen molar-refractivity contribution < 1.29 is 24.1 Å². The van der Waals surface area contributed by atoms with Crippen LogP contribution < -0.4 is 9.64 Å². The van der Waals surface area contributed by atoms with E-state index in [0.29, 0.717) is 49.0 Å². The van der Waals surface area contributed by atoms with Gasteiger partial charge in [-0.15, -0.1) is 0 Å². The molecule has 0 saturated carbocycles. The SMILES string of the molecule is Cc1nc2cc3nn2c(c1C(OC(C)(C)C)C(=O)O)N1CCC(C)(CC1)OCC=CCOc1ccccc1-c1cccc-3c1. The molecule has 6 bridgehead atoms. The van der Waals surface area contributed by atoms with Crippen molar-refractivity contribution in [1.29, 1.82) is 0 Å². The maximum Gasteiger partial charge on any atom is 0.337 e. The molecule has 3 aliphatic heterocycles. The van der Waals surface area contributed by atoms with Gasteiger partial charge in [0.1, 0.15) is 18.2 Å². The molecule has 9 nitrogen and oxygen atoms in total. The van der Waals surface area contributed by atoms with Crippen LogP contribution in [0.3, 0.4) is 0 Å². The van der Waals surface area contributed by atoms with Crippen LogP contribution in [-0.2, 0) is 14.3 Å². The molecule has 0 aliphatic carbocycles. The lowest BCUT2D eigenvalue weighted by Gasteiger charge is -2.41. The van der Waals surface area contributed by atoms with Crippen molar-refractivity contribution in [2.75, 3.05) is 31.2 Å².